The van der Waals surface area contributed by atoms with E-state index in [2.05, 4.69) is 41.7 Å². The van der Waals surface area contributed by atoms with Crippen LogP contribution in [0.1, 0.15) is 94.4 Å². The van der Waals surface area contributed by atoms with E-state index >= 15 is 0 Å². The molecule has 0 aromatic rings. The van der Waals surface area contributed by atoms with Crippen LogP contribution < -0.4 is 21.3 Å². The Balaban J connectivity index is 1.81. The molecule has 2 saturated heterocycles. The van der Waals surface area contributed by atoms with E-state index in [-0.39, 0.29) is 53.5 Å². The molecule has 1 unspecified atom stereocenters. The van der Waals surface area contributed by atoms with Gasteiger partial charge in [-0.15, -0.1) is 6.58 Å². The summed E-state index contributed by atoms with van der Waals surface area (Å²) in [5.41, 5.74) is -1.25. The molecular formula is C35H58N6O6. The van der Waals surface area contributed by atoms with Crippen LogP contribution in [0.3, 0.4) is 0 Å². The molecular weight excluding hydrogens is 600 g/mol. The summed E-state index contributed by atoms with van der Waals surface area (Å²) in [7, 11) is 0. The number of carbonyl (C=O) groups is 6. The van der Waals surface area contributed by atoms with E-state index in [1.165, 1.54) is 6.08 Å². The average molecular weight is 659 g/mol. The van der Waals surface area contributed by atoms with Crippen LogP contribution in [0, 0.1) is 28.1 Å². The highest BCUT2D eigenvalue weighted by molar-refractivity contribution is 6.38. The molecule has 47 heavy (non-hydrogen) atoms. The second-order valence-electron chi connectivity index (χ2n) is 16.2. The summed E-state index contributed by atoms with van der Waals surface area (Å²) in [5.74, 6) is -2.35. The third kappa shape index (κ3) is 8.93. The summed E-state index contributed by atoms with van der Waals surface area (Å²) in [6.07, 6.45) is 4.59. The molecule has 3 aliphatic rings. The van der Waals surface area contributed by atoms with E-state index in [0.29, 0.717) is 32.5 Å². The highest BCUT2D eigenvalue weighted by Crippen LogP contribution is 2.65. The maximum atomic E-state index is 14.3. The number of hydrogen-bond acceptors (Lipinski definition) is 6. The number of amides is 6. The normalized spacial score (nSPS) is 23.9. The summed E-state index contributed by atoms with van der Waals surface area (Å²) in [5, 5.41) is 11.2. The van der Waals surface area contributed by atoms with Gasteiger partial charge in [0.05, 0.1) is 12.1 Å². The van der Waals surface area contributed by atoms with E-state index in [4.69, 9.17) is 0 Å². The molecule has 12 heteroatoms. The van der Waals surface area contributed by atoms with E-state index in [1.54, 1.807) is 9.80 Å². The van der Waals surface area contributed by atoms with Gasteiger partial charge < -0.3 is 31.1 Å². The zero-order valence-corrected chi connectivity index (χ0v) is 30.0. The van der Waals surface area contributed by atoms with E-state index in [1.807, 2.05) is 48.5 Å². The molecule has 1 saturated carbocycles. The van der Waals surface area contributed by atoms with E-state index in [9.17, 15) is 28.8 Å². The van der Waals surface area contributed by atoms with Crippen LogP contribution >= 0.6 is 0 Å². The number of rotatable bonds is 13. The van der Waals surface area contributed by atoms with Crippen molar-refractivity contribution in [3.63, 3.8) is 0 Å². The van der Waals surface area contributed by atoms with Crippen LogP contribution in [-0.4, -0.2) is 95.6 Å². The van der Waals surface area contributed by atoms with Crippen molar-refractivity contribution in [2.75, 3.05) is 26.2 Å². The number of nitrogens with zero attached hydrogens (tertiary/aromatic N) is 2. The largest absolute Gasteiger partial charge is 0.346 e. The van der Waals surface area contributed by atoms with Gasteiger partial charge >= 0.3 is 6.03 Å². The lowest BCUT2D eigenvalue weighted by molar-refractivity contribution is -0.145. The molecule has 4 N–H and O–H groups in total. The minimum atomic E-state index is -1.03. The van der Waals surface area contributed by atoms with Gasteiger partial charge in [0, 0.05) is 32.6 Å². The standard InChI is InChI=1S/C35H58N6O6/c1-11-15-22(27(43)30(45)36-17-12-2)37-29(44)26-25-21(35(25,9)10)19-41(26)31(46)28(34(6,7)8)39-32(47)38-23(33(3,4)5)20-40-18-14-13-16-24(40)42/h12,21-23,25-26,28H,2,11,13-20H2,1,3-10H3,(H,36,45)(H,37,44)(H2,38,39,47)/t21-,22?,23-,25-,26-,28+/m0/s1. The van der Waals surface area contributed by atoms with E-state index in [0.717, 1.165) is 12.8 Å². The maximum absolute atomic E-state index is 14.3. The lowest BCUT2D eigenvalue weighted by Gasteiger charge is -2.40. The number of Topliss-reactive ketones (excluding diaryl/α,β-unsaturated/α-hetero) is 1. The maximum Gasteiger partial charge on any atom is 0.315 e. The van der Waals surface area contributed by atoms with Crippen molar-refractivity contribution in [1.29, 1.82) is 0 Å². The minimum Gasteiger partial charge on any atom is -0.346 e. The van der Waals surface area contributed by atoms with Crippen LogP contribution in [0.5, 0.6) is 0 Å². The van der Waals surface area contributed by atoms with Gasteiger partial charge in [-0.3, -0.25) is 24.0 Å². The van der Waals surface area contributed by atoms with Crippen LogP contribution in [0.2, 0.25) is 0 Å². The Morgan fingerprint density at radius 3 is 2.21 bits per heavy atom. The first-order chi connectivity index (χ1) is 21.7. The van der Waals surface area contributed by atoms with Gasteiger partial charge in [0.15, 0.2) is 0 Å². The van der Waals surface area contributed by atoms with E-state index < -0.39 is 47.2 Å². The van der Waals surface area contributed by atoms with Crippen LogP contribution in [0.15, 0.2) is 12.7 Å². The smallest absolute Gasteiger partial charge is 0.315 e. The molecule has 0 aromatic heterocycles. The second-order valence-corrected chi connectivity index (χ2v) is 16.2. The Kier molecular flexibility index (Phi) is 11.9. The molecule has 264 valence electrons. The molecule has 6 atom stereocenters. The molecule has 1 aliphatic carbocycles. The first kappa shape index (κ1) is 38.0. The molecule has 3 fully saturated rings. The summed E-state index contributed by atoms with van der Waals surface area (Å²) in [4.78, 5) is 83.2. The van der Waals surface area contributed by atoms with Crippen LogP contribution in [0.4, 0.5) is 4.79 Å². The van der Waals surface area contributed by atoms with Gasteiger partial charge in [-0.05, 0) is 47.3 Å². The summed E-state index contributed by atoms with van der Waals surface area (Å²) in [6, 6.07) is -3.73. The predicted molar refractivity (Wildman–Crippen MR) is 180 cm³/mol. The lowest BCUT2D eigenvalue weighted by Crippen LogP contribution is -2.63. The van der Waals surface area contributed by atoms with Gasteiger partial charge in [-0.2, -0.15) is 0 Å². The van der Waals surface area contributed by atoms with Gasteiger partial charge in [-0.25, -0.2) is 4.79 Å². The zero-order valence-electron chi connectivity index (χ0n) is 30.0. The molecule has 0 bridgehead atoms. The fourth-order valence-electron chi connectivity index (χ4n) is 6.99. The highest BCUT2D eigenvalue weighted by Gasteiger charge is 2.70. The number of nitrogens with one attached hydrogen (secondary N) is 4. The third-order valence-corrected chi connectivity index (χ3v) is 10.2. The minimum absolute atomic E-state index is 0.0792. The molecule has 0 radical (unpaired) electrons. The first-order valence-electron chi connectivity index (χ1n) is 17.1. The summed E-state index contributed by atoms with van der Waals surface area (Å²) >= 11 is 0. The number of urea groups is 1. The van der Waals surface area contributed by atoms with Crippen molar-refractivity contribution < 1.29 is 28.8 Å². The number of fused-ring (bicyclic) bond motifs is 1. The Bertz CT molecular complexity index is 1230. The molecule has 0 aromatic carbocycles. The van der Waals surface area contributed by atoms with Gasteiger partial charge in [0.25, 0.3) is 5.91 Å². The molecule has 6 amide bonds. The Labute approximate surface area is 280 Å². The topological polar surface area (TPSA) is 157 Å². The van der Waals surface area contributed by atoms with Gasteiger partial charge in [0.1, 0.15) is 12.1 Å². The molecule has 12 nitrogen and oxygen atoms in total. The van der Waals surface area contributed by atoms with Crippen molar-refractivity contribution in [2.45, 2.75) is 119 Å². The van der Waals surface area contributed by atoms with Crippen LogP contribution in [-0.2, 0) is 24.0 Å². The quantitative estimate of drug-likeness (QED) is 0.176. The van der Waals surface area contributed by atoms with Gasteiger partial charge in [-0.1, -0.05) is 74.8 Å². The Hall–Kier alpha value is -3.44. The van der Waals surface area contributed by atoms with Crippen LogP contribution in [0.25, 0.3) is 0 Å². The SMILES string of the molecule is C=CCNC(=O)C(=O)C(CCC)NC(=O)[C@@H]1[C@@H]2[C@H](CN1C(=O)[C@@H](NC(=O)N[C@@H](CN1CCCCC1=O)C(C)(C)C)C(C)(C)C)C2(C)C. The molecule has 0 spiro atoms. The number of likely N-dealkylation sites (tertiary alicyclic amines) is 2. The van der Waals surface area contributed by atoms with Crippen molar-refractivity contribution in [2.24, 2.45) is 28.1 Å². The fraction of sp³-hybridized carbons (Fsp3) is 0.771. The van der Waals surface area contributed by atoms with Gasteiger partial charge in [0.2, 0.25) is 23.5 Å². The zero-order chi connectivity index (χ0) is 35.5. The van der Waals surface area contributed by atoms with Crippen molar-refractivity contribution in [1.82, 2.24) is 31.1 Å². The Morgan fingerprint density at radius 2 is 1.66 bits per heavy atom. The molecule has 2 aliphatic heterocycles. The Morgan fingerprint density at radius 1 is 1.00 bits per heavy atom. The monoisotopic (exact) mass is 658 g/mol. The first-order valence-corrected chi connectivity index (χ1v) is 17.1. The summed E-state index contributed by atoms with van der Waals surface area (Å²) < 4.78 is 0. The van der Waals surface area contributed by atoms with Crippen molar-refractivity contribution in [3.8, 4) is 0 Å². The number of hydrogen-bond donors (Lipinski definition) is 4. The number of ketones is 1. The van der Waals surface area contributed by atoms with Crippen molar-refractivity contribution >= 4 is 35.4 Å². The lowest BCUT2D eigenvalue weighted by atomic mass is 9.84. The predicted octanol–water partition coefficient (Wildman–Crippen LogP) is 2.77. The number of piperidine rings is 2. The third-order valence-electron chi connectivity index (χ3n) is 10.2. The molecule has 2 heterocycles. The number of carbonyl (C=O) groups excluding carboxylic acids is 6. The summed E-state index contributed by atoms with van der Waals surface area (Å²) in [6.45, 7) is 22.6. The molecule has 3 rings (SSSR count). The average Bonchev–Trinajstić information content (AvgIpc) is 3.28. The fourth-order valence-corrected chi connectivity index (χ4v) is 6.99. The highest BCUT2D eigenvalue weighted by atomic mass is 16.2. The van der Waals surface area contributed by atoms with Crippen molar-refractivity contribution in [3.05, 3.63) is 12.7 Å². The second kappa shape index (κ2) is 14.8.